The molecule has 122 valence electrons. The molecule has 1 aliphatic rings. The maximum Gasteiger partial charge on any atom is 0.232 e. The Kier molecular flexibility index (Phi) is 4.03. The molecule has 0 saturated heterocycles. The third kappa shape index (κ3) is 2.92. The normalized spacial score (nSPS) is 16.3. The first-order valence-electron chi connectivity index (χ1n) is 8.60. The van der Waals surface area contributed by atoms with Crippen molar-refractivity contribution in [3.05, 3.63) is 60.3 Å². The first-order valence-corrected chi connectivity index (χ1v) is 8.60. The molecule has 2 N–H and O–H groups in total. The van der Waals surface area contributed by atoms with Crippen molar-refractivity contribution in [1.82, 2.24) is 10.2 Å². The molecule has 3 aromatic rings. The summed E-state index contributed by atoms with van der Waals surface area (Å²) in [5.74, 6) is 0.453. The average Bonchev–Trinajstić information content (AvgIpc) is 3.27. The predicted molar refractivity (Wildman–Crippen MR) is 95.9 cm³/mol. The Morgan fingerprint density at radius 3 is 2.71 bits per heavy atom. The highest BCUT2D eigenvalue weighted by molar-refractivity contribution is 5.97. The van der Waals surface area contributed by atoms with Crippen LogP contribution in [0.15, 0.2) is 54.7 Å². The van der Waals surface area contributed by atoms with Crippen molar-refractivity contribution in [3.8, 4) is 0 Å². The maximum absolute atomic E-state index is 13.0. The third-order valence-electron chi connectivity index (χ3n) is 5.02. The van der Waals surface area contributed by atoms with Gasteiger partial charge in [-0.1, -0.05) is 43.2 Å². The molecule has 0 bridgehead atoms. The average molecular weight is 319 g/mol. The summed E-state index contributed by atoms with van der Waals surface area (Å²) < 4.78 is 0. The fraction of sp³-hybridized carbons (Fsp3) is 0.300. The van der Waals surface area contributed by atoms with Crippen molar-refractivity contribution in [2.24, 2.45) is 5.92 Å². The first kappa shape index (κ1) is 14.9. The molecule has 4 rings (SSSR count). The lowest BCUT2D eigenvalue weighted by Gasteiger charge is -2.23. The molecule has 0 radical (unpaired) electrons. The van der Waals surface area contributed by atoms with Crippen LogP contribution in [0.5, 0.6) is 0 Å². The summed E-state index contributed by atoms with van der Waals surface area (Å²) in [6.45, 7) is 0. The van der Waals surface area contributed by atoms with Gasteiger partial charge in [0, 0.05) is 11.1 Å². The second-order valence-electron chi connectivity index (χ2n) is 6.59. The van der Waals surface area contributed by atoms with E-state index in [2.05, 4.69) is 27.6 Å². The Bertz CT molecular complexity index is 834. The molecule has 4 heteroatoms. The lowest BCUT2D eigenvalue weighted by atomic mass is 9.84. The molecule has 1 fully saturated rings. The van der Waals surface area contributed by atoms with Crippen LogP contribution < -0.4 is 5.32 Å². The van der Waals surface area contributed by atoms with Gasteiger partial charge in [-0.2, -0.15) is 5.10 Å². The smallest absolute Gasteiger partial charge is 0.232 e. The summed E-state index contributed by atoms with van der Waals surface area (Å²) in [7, 11) is 0. The molecule has 1 aromatic heterocycles. The first-order chi connectivity index (χ1) is 11.8. The van der Waals surface area contributed by atoms with Crippen LogP contribution in [0.3, 0.4) is 0 Å². The molecular formula is C20H21N3O. The Labute approximate surface area is 141 Å². The number of aromatic nitrogens is 2. The van der Waals surface area contributed by atoms with E-state index < -0.39 is 0 Å². The zero-order valence-corrected chi connectivity index (χ0v) is 13.5. The summed E-state index contributed by atoms with van der Waals surface area (Å²) >= 11 is 0. The molecular weight excluding hydrogens is 298 g/mol. The number of benzene rings is 2. The monoisotopic (exact) mass is 319 g/mol. The zero-order chi connectivity index (χ0) is 16.4. The molecule has 0 aliphatic heterocycles. The molecule has 4 nitrogen and oxygen atoms in total. The van der Waals surface area contributed by atoms with Gasteiger partial charge in [0.25, 0.3) is 0 Å². The van der Waals surface area contributed by atoms with E-state index in [0.29, 0.717) is 5.92 Å². The second kappa shape index (κ2) is 6.48. The van der Waals surface area contributed by atoms with Crippen LogP contribution >= 0.6 is 0 Å². The number of nitrogens with one attached hydrogen (secondary N) is 2. The maximum atomic E-state index is 13.0. The standard InChI is InChI=1S/C20H21N3O/c24-20(22-17-10-11-18-16(12-17)13-21-23-18)19(15-8-4-5-9-15)14-6-2-1-3-7-14/h1-3,6-7,10-13,15,19H,4-5,8-9H2,(H,21,23)(H,22,24). The van der Waals surface area contributed by atoms with Gasteiger partial charge in [0.1, 0.15) is 0 Å². The summed E-state index contributed by atoms with van der Waals surface area (Å²) in [4.78, 5) is 13.0. The van der Waals surface area contributed by atoms with E-state index in [4.69, 9.17) is 0 Å². The molecule has 1 heterocycles. The quantitative estimate of drug-likeness (QED) is 0.745. The third-order valence-corrected chi connectivity index (χ3v) is 5.02. The Hall–Kier alpha value is -2.62. The van der Waals surface area contributed by atoms with Crippen molar-refractivity contribution in [2.45, 2.75) is 31.6 Å². The minimum absolute atomic E-state index is 0.0752. The van der Waals surface area contributed by atoms with Crippen LogP contribution in [0.4, 0.5) is 5.69 Å². The Morgan fingerprint density at radius 2 is 1.92 bits per heavy atom. The second-order valence-corrected chi connectivity index (χ2v) is 6.59. The van der Waals surface area contributed by atoms with Gasteiger partial charge in [-0.25, -0.2) is 0 Å². The van der Waals surface area contributed by atoms with Crippen LogP contribution in [-0.4, -0.2) is 16.1 Å². The fourth-order valence-corrected chi connectivity index (χ4v) is 3.83. The van der Waals surface area contributed by atoms with E-state index >= 15 is 0 Å². The molecule has 1 aliphatic carbocycles. The molecule has 1 amide bonds. The van der Waals surface area contributed by atoms with Gasteiger partial charge in [0.05, 0.1) is 17.6 Å². The Morgan fingerprint density at radius 1 is 1.12 bits per heavy atom. The summed E-state index contributed by atoms with van der Waals surface area (Å²) in [6.07, 6.45) is 6.49. The summed E-state index contributed by atoms with van der Waals surface area (Å²) in [6, 6.07) is 16.0. The molecule has 1 unspecified atom stereocenters. The molecule has 0 spiro atoms. The van der Waals surface area contributed by atoms with Gasteiger partial charge in [-0.05, 0) is 42.5 Å². The molecule has 2 aromatic carbocycles. The van der Waals surface area contributed by atoms with Crippen molar-refractivity contribution < 1.29 is 4.79 Å². The number of anilines is 1. The van der Waals surface area contributed by atoms with Crippen molar-refractivity contribution in [1.29, 1.82) is 0 Å². The largest absolute Gasteiger partial charge is 0.326 e. The summed E-state index contributed by atoms with van der Waals surface area (Å²) in [5.41, 5.74) is 2.92. The van der Waals surface area contributed by atoms with Crippen molar-refractivity contribution >= 4 is 22.5 Å². The number of H-pyrrole nitrogens is 1. The van der Waals surface area contributed by atoms with Crippen LogP contribution in [0.1, 0.15) is 37.2 Å². The van der Waals surface area contributed by atoms with Gasteiger partial charge < -0.3 is 5.32 Å². The highest BCUT2D eigenvalue weighted by atomic mass is 16.1. The van der Waals surface area contributed by atoms with Crippen LogP contribution in [0.2, 0.25) is 0 Å². The summed E-state index contributed by atoms with van der Waals surface area (Å²) in [5, 5.41) is 11.1. The number of carbonyl (C=O) groups excluding carboxylic acids is 1. The number of amides is 1. The number of rotatable bonds is 4. The van der Waals surface area contributed by atoms with Gasteiger partial charge in [-0.3, -0.25) is 9.89 Å². The number of hydrogen-bond donors (Lipinski definition) is 2. The SMILES string of the molecule is O=C(Nc1ccc2[nH]ncc2c1)C(c1ccccc1)C1CCCC1. The van der Waals surface area contributed by atoms with Crippen LogP contribution in [0.25, 0.3) is 10.9 Å². The van der Waals surface area contributed by atoms with E-state index in [1.54, 1.807) is 6.20 Å². The highest BCUT2D eigenvalue weighted by Crippen LogP contribution is 2.38. The van der Waals surface area contributed by atoms with Gasteiger partial charge in [0.2, 0.25) is 5.91 Å². The molecule has 24 heavy (non-hydrogen) atoms. The van der Waals surface area contributed by atoms with Gasteiger partial charge >= 0.3 is 0 Å². The number of nitrogens with zero attached hydrogens (tertiary/aromatic N) is 1. The minimum Gasteiger partial charge on any atom is -0.326 e. The minimum atomic E-state index is -0.0752. The van der Waals surface area contributed by atoms with E-state index in [-0.39, 0.29) is 11.8 Å². The van der Waals surface area contributed by atoms with Gasteiger partial charge in [0.15, 0.2) is 0 Å². The lowest BCUT2D eigenvalue weighted by molar-refractivity contribution is -0.118. The van der Waals surface area contributed by atoms with Crippen molar-refractivity contribution in [2.75, 3.05) is 5.32 Å². The number of carbonyl (C=O) groups is 1. The zero-order valence-electron chi connectivity index (χ0n) is 13.5. The van der Waals surface area contributed by atoms with Gasteiger partial charge in [-0.15, -0.1) is 0 Å². The number of hydrogen-bond acceptors (Lipinski definition) is 2. The number of aromatic amines is 1. The fourth-order valence-electron chi connectivity index (χ4n) is 3.83. The molecule has 1 atom stereocenters. The van der Waals surface area contributed by atoms with E-state index in [1.807, 2.05) is 36.4 Å². The highest BCUT2D eigenvalue weighted by Gasteiger charge is 2.31. The molecule has 1 saturated carbocycles. The van der Waals surface area contributed by atoms with E-state index in [0.717, 1.165) is 35.0 Å². The predicted octanol–water partition coefficient (Wildman–Crippen LogP) is 4.48. The Balaban J connectivity index is 1.60. The van der Waals surface area contributed by atoms with Crippen molar-refractivity contribution in [3.63, 3.8) is 0 Å². The van der Waals surface area contributed by atoms with Crippen LogP contribution in [0, 0.1) is 5.92 Å². The van der Waals surface area contributed by atoms with Crippen LogP contribution in [-0.2, 0) is 4.79 Å². The topological polar surface area (TPSA) is 57.8 Å². The van der Waals surface area contributed by atoms with E-state index in [1.165, 1.54) is 12.8 Å². The number of fused-ring (bicyclic) bond motifs is 1. The van der Waals surface area contributed by atoms with E-state index in [9.17, 15) is 4.79 Å². The lowest BCUT2D eigenvalue weighted by Crippen LogP contribution is -2.26.